The molecule has 0 amide bonds. The third-order valence-corrected chi connectivity index (χ3v) is 5.45. The van der Waals surface area contributed by atoms with E-state index in [-0.39, 0.29) is 23.8 Å². The maximum atomic E-state index is 12.6. The van der Waals surface area contributed by atoms with Gasteiger partial charge in [-0.15, -0.1) is 0 Å². The van der Waals surface area contributed by atoms with Crippen LogP contribution in [0.25, 0.3) is 0 Å². The summed E-state index contributed by atoms with van der Waals surface area (Å²) in [5, 5.41) is 0. The normalized spacial score (nSPS) is 35.0. The average molecular weight is 322 g/mol. The van der Waals surface area contributed by atoms with E-state index >= 15 is 0 Å². The van der Waals surface area contributed by atoms with E-state index < -0.39 is 5.92 Å². The van der Waals surface area contributed by atoms with Gasteiger partial charge in [0.25, 0.3) is 0 Å². The molecule has 0 aliphatic heterocycles. The molecule has 0 radical (unpaired) electrons. The first-order valence-electron chi connectivity index (χ1n) is 8.82. The molecule has 4 heteroatoms. The molecule has 2 rings (SSSR count). The molecule has 1 fully saturated rings. The SMILES string of the molecule is COC1=CC(=O)C(C(=O)OC2CC(C)CCC2C(C)C)[C@@H](C)C1. The summed E-state index contributed by atoms with van der Waals surface area (Å²) in [5.41, 5.74) is 0. The molecule has 4 unspecified atom stereocenters. The highest BCUT2D eigenvalue weighted by Crippen LogP contribution is 2.37. The number of hydrogen-bond donors (Lipinski definition) is 0. The Bertz CT molecular complexity index is 480. The van der Waals surface area contributed by atoms with Crippen molar-refractivity contribution in [2.75, 3.05) is 7.11 Å². The summed E-state index contributed by atoms with van der Waals surface area (Å²) in [6.45, 7) is 8.49. The molecule has 0 aromatic rings. The summed E-state index contributed by atoms with van der Waals surface area (Å²) in [6, 6.07) is 0. The number of allylic oxidation sites excluding steroid dienone is 2. The van der Waals surface area contributed by atoms with E-state index in [1.165, 1.54) is 12.5 Å². The van der Waals surface area contributed by atoms with Gasteiger partial charge in [0.15, 0.2) is 5.78 Å². The van der Waals surface area contributed by atoms with E-state index in [9.17, 15) is 9.59 Å². The molecule has 5 atom stereocenters. The molecule has 1 saturated carbocycles. The van der Waals surface area contributed by atoms with E-state index in [4.69, 9.17) is 9.47 Å². The lowest BCUT2D eigenvalue weighted by atomic mass is 9.75. The van der Waals surface area contributed by atoms with Crippen LogP contribution in [0.1, 0.15) is 53.4 Å². The van der Waals surface area contributed by atoms with Crippen LogP contribution in [0.3, 0.4) is 0 Å². The van der Waals surface area contributed by atoms with Crippen molar-refractivity contribution in [2.24, 2.45) is 29.6 Å². The van der Waals surface area contributed by atoms with Crippen molar-refractivity contribution in [1.82, 2.24) is 0 Å². The summed E-state index contributed by atoms with van der Waals surface area (Å²) in [7, 11) is 1.56. The van der Waals surface area contributed by atoms with Gasteiger partial charge >= 0.3 is 5.97 Å². The van der Waals surface area contributed by atoms with Gasteiger partial charge in [0.05, 0.1) is 12.9 Å². The maximum Gasteiger partial charge on any atom is 0.317 e. The first-order chi connectivity index (χ1) is 10.8. The molecule has 0 heterocycles. The number of rotatable bonds is 4. The molecule has 0 spiro atoms. The van der Waals surface area contributed by atoms with Gasteiger partial charge in [0.1, 0.15) is 12.0 Å². The first kappa shape index (κ1) is 18.0. The van der Waals surface area contributed by atoms with Crippen molar-refractivity contribution in [3.63, 3.8) is 0 Å². The van der Waals surface area contributed by atoms with Crippen LogP contribution >= 0.6 is 0 Å². The van der Waals surface area contributed by atoms with E-state index in [0.29, 0.717) is 29.9 Å². The molecule has 0 bridgehead atoms. The molecule has 0 N–H and O–H groups in total. The minimum atomic E-state index is -0.682. The monoisotopic (exact) mass is 322 g/mol. The Labute approximate surface area is 139 Å². The average Bonchev–Trinajstić information content (AvgIpc) is 2.45. The van der Waals surface area contributed by atoms with Crippen LogP contribution in [0.2, 0.25) is 0 Å². The Hall–Kier alpha value is -1.32. The van der Waals surface area contributed by atoms with Crippen molar-refractivity contribution in [3.8, 4) is 0 Å². The standard InChI is InChI=1S/C19H30O4/c1-11(2)15-7-6-12(3)8-17(15)23-19(21)18-13(4)9-14(22-5)10-16(18)20/h10-13,15,17-18H,6-9H2,1-5H3/t12?,13-,15?,17?,18?/m0/s1. The highest BCUT2D eigenvalue weighted by atomic mass is 16.5. The highest BCUT2D eigenvalue weighted by molar-refractivity contribution is 6.06. The molecule has 2 aliphatic carbocycles. The lowest BCUT2D eigenvalue weighted by Crippen LogP contribution is -2.41. The Morgan fingerprint density at radius 2 is 1.96 bits per heavy atom. The number of carbonyl (C=O) groups excluding carboxylic acids is 2. The summed E-state index contributed by atoms with van der Waals surface area (Å²) < 4.78 is 11.0. The molecular formula is C19H30O4. The second kappa shape index (κ2) is 7.50. The molecular weight excluding hydrogens is 292 g/mol. The van der Waals surface area contributed by atoms with Gasteiger partial charge in [0, 0.05) is 12.5 Å². The predicted molar refractivity (Wildman–Crippen MR) is 88.6 cm³/mol. The third kappa shape index (κ3) is 4.15. The molecule has 130 valence electrons. The number of ether oxygens (including phenoxy) is 2. The molecule has 0 saturated heterocycles. The zero-order chi connectivity index (χ0) is 17.1. The lowest BCUT2D eigenvalue weighted by molar-refractivity contribution is -0.164. The van der Waals surface area contributed by atoms with Crippen LogP contribution in [0.4, 0.5) is 0 Å². The quantitative estimate of drug-likeness (QED) is 0.584. The Balaban J connectivity index is 2.08. The van der Waals surface area contributed by atoms with Crippen LogP contribution in [-0.2, 0) is 19.1 Å². The van der Waals surface area contributed by atoms with Crippen molar-refractivity contribution < 1.29 is 19.1 Å². The zero-order valence-electron chi connectivity index (χ0n) is 15.0. The Morgan fingerprint density at radius 3 is 2.52 bits per heavy atom. The largest absolute Gasteiger partial charge is 0.501 e. The zero-order valence-corrected chi connectivity index (χ0v) is 15.0. The molecule has 23 heavy (non-hydrogen) atoms. The predicted octanol–water partition coefficient (Wildman–Crippen LogP) is 3.75. The summed E-state index contributed by atoms with van der Waals surface area (Å²) in [6.07, 6.45) is 5.20. The highest BCUT2D eigenvalue weighted by Gasteiger charge is 2.40. The molecule has 0 aromatic carbocycles. The van der Waals surface area contributed by atoms with Gasteiger partial charge in [-0.3, -0.25) is 9.59 Å². The Kier molecular flexibility index (Phi) is 5.88. The van der Waals surface area contributed by atoms with E-state index in [1.54, 1.807) is 7.11 Å². The van der Waals surface area contributed by atoms with Crippen molar-refractivity contribution >= 4 is 11.8 Å². The molecule has 4 nitrogen and oxygen atoms in total. The van der Waals surface area contributed by atoms with Crippen LogP contribution < -0.4 is 0 Å². The number of carbonyl (C=O) groups is 2. The van der Waals surface area contributed by atoms with Crippen LogP contribution in [0.5, 0.6) is 0 Å². The van der Waals surface area contributed by atoms with Gasteiger partial charge in [0.2, 0.25) is 0 Å². The number of methoxy groups -OCH3 is 1. The van der Waals surface area contributed by atoms with Gasteiger partial charge in [-0.25, -0.2) is 0 Å². The fourth-order valence-corrected chi connectivity index (χ4v) is 3.99. The van der Waals surface area contributed by atoms with Crippen molar-refractivity contribution in [3.05, 3.63) is 11.8 Å². The summed E-state index contributed by atoms with van der Waals surface area (Å²) in [4.78, 5) is 24.9. The van der Waals surface area contributed by atoms with Gasteiger partial charge in [-0.2, -0.15) is 0 Å². The number of ketones is 1. The Morgan fingerprint density at radius 1 is 1.26 bits per heavy atom. The van der Waals surface area contributed by atoms with Gasteiger partial charge in [-0.05, 0) is 36.5 Å². The third-order valence-electron chi connectivity index (χ3n) is 5.45. The molecule has 2 aliphatic rings. The fourth-order valence-electron chi connectivity index (χ4n) is 3.99. The number of esters is 1. The fraction of sp³-hybridized carbons (Fsp3) is 0.789. The van der Waals surface area contributed by atoms with Crippen LogP contribution in [-0.4, -0.2) is 25.0 Å². The summed E-state index contributed by atoms with van der Waals surface area (Å²) >= 11 is 0. The molecule has 0 aromatic heterocycles. The minimum Gasteiger partial charge on any atom is -0.501 e. The lowest BCUT2D eigenvalue weighted by Gasteiger charge is -2.37. The van der Waals surface area contributed by atoms with E-state index in [1.807, 2.05) is 6.92 Å². The van der Waals surface area contributed by atoms with E-state index in [0.717, 1.165) is 12.8 Å². The smallest absolute Gasteiger partial charge is 0.317 e. The van der Waals surface area contributed by atoms with Crippen LogP contribution in [0.15, 0.2) is 11.8 Å². The van der Waals surface area contributed by atoms with Gasteiger partial charge in [-0.1, -0.05) is 34.1 Å². The minimum absolute atomic E-state index is 0.0564. The van der Waals surface area contributed by atoms with Crippen LogP contribution in [0, 0.1) is 29.6 Å². The second-order valence-electron chi connectivity index (χ2n) is 7.68. The van der Waals surface area contributed by atoms with Gasteiger partial charge < -0.3 is 9.47 Å². The summed E-state index contributed by atoms with van der Waals surface area (Å²) in [5.74, 6) is 0.816. The van der Waals surface area contributed by atoms with Crippen molar-refractivity contribution in [2.45, 2.75) is 59.5 Å². The first-order valence-corrected chi connectivity index (χ1v) is 8.82. The van der Waals surface area contributed by atoms with Crippen molar-refractivity contribution in [1.29, 1.82) is 0 Å². The second-order valence-corrected chi connectivity index (χ2v) is 7.68. The number of hydrogen-bond acceptors (Lipinski definition) is 4. The van der Waals surface area contributed by atoms with E-state index in [2.05, 4.69) is 20.8 Å². The maximum absolute atomic E-state index is 12.6. The topological polar surface area (TPSA) is 52.6 Å².